The van der Waals surface area contributed by atoms with Gasteiger partial charge in [0, 0.05) is 77.1 Å². The minimum atomic E-state index is -4.92. The number of azo groups is 1. The molecule has 3 rings (SSSR count). The fraction of sp³-hybridized carbons (Fsp3) is 0.0556. The number of carbonyl (C=O) groups is 1. The topological polar surface area (TPSA) is 189 Å². The van der Waals surface area contributed by atoms with Gasteiger partial charge in [0.2, 0.25) is 5.91 Å². The third-order valence-electron chi connectivity index (χ3n) is 4.09. The maximum Gasteiger partial charge on any atom is 0.295 e. The molecule has 0 atom stereocenters. The van der Waals surface area contributed by atoms with Gasteiger partial charge >= 0.3 is 0 Å². The number of benzene rings is 3. The summed E-state index contributed by atoms with van der Waals surface area (Å²) in [4.78, 5) is 9.55. The van der Waals surface area contributed by atoms with Gasteiger partial charge in [0.25, 0.3) is 20.2 Å². The first-order chi connectivity index (χ1) is 14.4. The van der Waals surface area contributed by atoms with Crippen LogP contribution in [0.25, 0.3) is 10.8 Å². The van der Waals surface area contributed by atoms with Crippen LogP contribution >= 0.6 is 0 Å². The average Bonchev–Trinajstić information content (AvgIpc) is 2.65. The van der Waals surface area contributed by atoms with Crippen LogP contribution in [0.4, 0.5) is 22.7 Å². The summed E-state index contributed by atoms with van der Waals surface area (Å²) >= 11 is 0. The van der Waals surface area contributed by atoms with Crippen LogP contribution in [-0.4, -0.2) is 91.0 Å². The van der Waals surface area contributed by atoms with E-state index in [1.807, 2.05) is 0 Å². The molecular formula is C18H16N4Na2O7S2. The first-order valence-corrected chi connectivity index (χ1v) is 11.3. The van der Waals surface area contributed by atoms with E-state index in [4.69, 9.17) is 5.73 Å². The van der Waals surface area contributed by atoms with E-state index in [0.717, 1.165) is 6.07 Å². The van der Waals surface area contributed by atoms with Gasteiger partial charge in [0.05, 0.1) is 16.3 Å². The van der Waals surface area contributed by atoms with Gasteiger partial charge in [-0.25, -0.2) is 0 Å². The van der Waals surface area contributed by atoms with Crippen molar-refractivity contribution in [2.45, 2.75) is 16.7 Å². The molecule has 0 spiro atoms. The zero-order chi connectivity index (χ0) is 23.0. The SMILES string of the molecule is CC(=O)Nc1ccc(N=Nc2c(N)ccc3cc(S(=O)(=O)O)cc(S(=O)(=O)O)c23)cc1.[Na].[Na]. The molecule has 0 saturated carbocycles. The molecule has 0 bridgehead atoms. The van der Waals surface area contributed by atoms with Crippen molar-refractivity contribution >= 4 is 119 Å². The summed E-state index contributed by atoms with van der Waals surface area (Å²) in [6.07, 6.45) is 0. The summed E-state index contributed by atoms with van der Waals surface area (Å²) in [5.41, 5.74) is 6.67. The quantitative estimate of drug-likeness (QED) is 0.174. The van der Waals surface area contributed by atoms with E-state index in [-0.39, 0.29) is 87.2 Å². The van der Waals surface area contributed by atoms with Crippen LogP contribution in [0.2, 0.25) is 0 Å². The smallest absolute Gasteiger partial charge is 0.295 e. The molecular weight excluding hydrogens is 494 g/mol. The number of hydrogen-bond donors (Lipinski definition) is 4. The molecule has 0 unspecified atom stereocenters. The van der Waals surface area contributed by atoms with Crippen molar-refractivity contribution in [2.24, 2.45) is 10.2 Å². The van der Waals surface area contributed by atoms with Crippen molar-refractivity contribution < 1.29 is 30.7 Å². The number of carbonyl (C=O) groups excluding carboxylic acids is 1. The van der Waals surface area contributed by atoms with E-state index in [0.29, 0.717) is 17.4 Å². The molecule has 164 valence electrons. The molecule has 0 heterocycles. The van der Waals surface area contributed by atoms with Crippen molar-refractivity contribution in [3.8, 4) is 0 Å². The summed E-state index contributed by atoms with van der Waals surface area (Å²) in [6.45, 7) is 1.36. The second-order valence-electron chi connectivity index (χ2n) is 6.40. The second-order valence-corrected chi connectivity index (χ2v) is 9.21. The second kappa shape index (κ2) is 11.4. The first-order valence-electron chi connectivity index (χ1n) is 8.47. The molecule has 1 amide bonds. The molecule has 3 aromatic carbocycles. The van der Waals surface area contributed by atoms with Crippen molar-refractivity contribution in [2.75, 3.05) is 11.1 Å². The van der Waals surface area contributed by atoms with E-state index >= 15 is 0 Å². The average molecular weight is 510 g/mol. The summed E-state index contributed by atoms with van der Waals surface area (Å²) in [5.74, 6) is -0.250. The van der Waals surface area contributed by atoms with Crippen LogP contribution in [0.15, 0.2) is 68.6 Å². The van der Waals surface area contributed by atoms with E-state index in [1.165, 1.54) is 31.2 Å². The van der Waals surface area contributed by atoms with Gasteiger partial charge in [-0.05, 0) is 47.9 Å². The third kappa shape index (κ3) is 7.29. The predicted octanol–water partition coefficient (Wildman–Crippen LogP) is 2.53. The van der Waals surface area contributed by atoms with Crippen LogP contribution in [0.5, 0.6) is 0 Å². The monoisotopic (exact) mass is 510 g/mol. The molecule has 0 aromatic heterocycles. The van der Waals surface area contributed by atoms with Crippen molar-refractivity contribution in [3.05, 3.63) is 48.5 Å². The van der Waals surface area contributed by atoms with Gasteiger partial charge in [-0.2, -0.15) is 21.9 Å². The summed E-state index contributed by atoms with van der Waals surface area (Å²) in [5, 5.41) is 10.4. The largest absolute Gasteiger partial charge is 0.397 e. The number of anilines is 2. The molecule has 0 aliphatic rings. The fourth-order valence-electron chi connectivity index (χ4n) is 2.78. The van der Waals surface area contributed by atoms with Gasteiger partial charge in [-0.3, -0.25) is 13.9 Å². The van der Waals surface area contributed by atoms with Gasteiger partial charge in [-0.15, -0.1) is 5.11 Å². The first kappa shape index (κ1) is 29.6. The Kier molecular flexibility index (Phi) is 10.2. The number of rotatable bonds is 5. The standard InChI is InChI=1S/C18H16N4O7S2.2Na/c1-10(23)20-12-3-5-13(6-4-12)21-22-18-15(19)7-2-11-8-14(30(24,25)26)9-16(17(11)18)31(27,28)29;;/h2-9H,19H2,1H3,(H,20,23)(H,24,25,26)(H,27,28,29);;. The van der Waals surface area contributed by atoms with E-state index in [1.54, 1.807) is 12.1 Å². The minimum absolute atomic E-state index is 0. The third-order valence-corrected chi connectivity index (χ3v) is 5.80. The Morgan fingerprint density at radius 2 is 1.52 bits per heavy atom. The summed E-state index contributed by atoms with van der Waals surface area (Å²) in [7, 11) is -9.68. The molecule has 0 aliphatic carbocycles. The number of nitrogens with zero attached hydrogens (tertiary/aromatic N) is 2. The van der Waals surface area contributed by atoms with Crippen LogP contribution in [-0.2, 0) is 25.0 Å². The molecule has 5 N–H and O–H groups in total. The number of amides is 1. The number of nitrogen functional groups attached to an aromatic ring is 1. The predicted molar refractivity (Wildman–Crippen MR) is 124 cm³/mol. The minimum Gasteiger partial charge on any atom is -0.397 e. The van der Waals surface area contributed by atoms with Gasteiger partial charge in [0.15, 0.2) is 0 Å². The zero-order valence-electron chi connectivity index (χ0n) is 17.8. The van der Waals surface area contributed by atoms with Crippen molar-refractivity contribution in [1.29, 1.82) is 0 Å². The zero-order valence-corrected chi connectivity index (χ0v) is 23.5. The maximum atomic E-state index is 11.9. The van der Waals surface area contributed by atoms with Gasteiger partial charge < -0.3 is 11.1 Å². The Morgan fingerprint density at radius 3 is 2.03 bits per heavy atom. The Labute approximate surface area is 233 Å². The van der Waals surface area contributed by atoms with Crippen LogP contribution in [0.1, 0.15) is 6.92 Å². The molecule has 0 aliphatic heterocycles. The van der Waals surface area contributed by atoms with Crippen LogP contribution in [0.3, 0.4) is 0 Å². The molecule has 15 heteroatoms. The maximum absolute atomic E-state index is 11.9. The molecule has 0 fully saturated rings. The number of fused-ring (bicyclic) bond motifs is 1. The Hall–Kier alpha value is -1.39. The van der Waals surface area contributed by atoms with E-state index in [9.17, 15) is 30.7 Å². The summed E-state index contributed by atoms with van der Waals surface area (Å²) in [6, 6.07) is 10.5. The molecule has 2 radical (unpaired) electrons. The number of nitrogens with one attached hydrogen (secondary N) is 1. The van der Waals surface area contributed by atoms with Gasteiger partial charge in [-0.1, -0.05) is 6.07 Å². The summed E-state index contributed by atoms with van der Waals surface area (Å²) < 4.78 is 65.8. The Morgan fingerprint density at radius 1 is 0.909 bits per heavy atom. The van der Waals surface area contributed by atoms with Crippen molar-refractivity contribution in [1.82, 2.24) is 0 Å². The number of nitrogens with two attached hydrogens (primary N) is 1. The Balaban J connectivity index is 0.00000272. The number of hydrogen-bond acceptors (Lipinski definition) is 8. The van der Waals surface area contributed by atoms with Crippen molar-refractivity contribution in [3.63, 3.8) is 0 Å². The fourth-order valence-corrected chi connectivity index (χ4v) is 4.15. The molecule has 3 aromatic rings. The molecule has 0 saturated heterocycles. The molecule has 11 nitrogen and oxygen atoms in total. The van der Waals surface area contributed by atoms with Crippen LogP contribution < -0.4 is 11.1 Å². The van der Waals surface area contributed by atoms with E-state index < -0.39 is 30.0 Å². The van der Waals surface area contributed by atoms with Gasteiger partial charge in [0.1, 0.15) is 10.6 Å². The Bertz CT molecular complexity index is 1440. The van der Waals surface area contributed by atoms with Crippen LogP contribution in [0, 0.1) is 0 Å². The molecule has 33 heavy (non-hydrogen) atoms. The normalized spacial score (nSPS) is 11.6. The van der Waals surface area contributed by atoms with E-state index in [2.05, 4.69) is 15.5 Å².